The molecule has 0 aliphatic heterocycles. The molecule has 0 radical (unpaired) electrons. The van der Waals surface area contributed by atoms with Gasteiger partial charge in [0.1, 0.15) is 0 Å². The highest BCUT2D eigenvalue weighted by Gasteiger charge is 2.04. The lowest BCUT2D eigenvalue weighted by atomic mass is 10.2. The molecule has 0 heterocycles. The maximum absolute atomic E-state index is 11.0. The van der Waals surface area contributed by atoms with E-state index in [0.29, 0.717) is 14.2 Å². The minimum atomic E-state index is 0.0595. The number of hydrogen-bond acceptors (Lipinski definition) is 1. The molecule has 0 N–H and O–H groups in total. The van der Waals surface area contributed by atoms with Gasteiger partial charge in [0.05, 0.1) is 0 Å². The number of carbonyl (C=O) groups is 1. The van der Waals surface area contributed by atoms with Crippen molar-refractivity contribution >= 4 is 14.4 Å². The molecule has 0 saturated heterocycles. The third kappa shape index (κ3) is 3.29. The Kier molecular flexibility index (Phi) is 4.72. The summed E-state index contributed by atoms with van der Waals surface area (Å²) in [7, 11) is 0.583. The quantitative estimate of drug-likeness (QED) is 0.358. The summed E-state index contributed by atoms with van der Waals surface area (Å²) in [5.41, 5.74) is 0.695. The largest absolute Gasteiger partial charge is 0.294 e. The summed E-state index contributed by atoms with van der Waals surface area (Å²) in [5.74, 6) is 0.0595. The van der Waals surface area contributed by atoms with Gasteiger partial charge in [-0.25, -0.2) is 0 Å². The predicted molar refractivity (Wildman–Crippen MR) is 52.3 cm³/mol. The smallest absolute Gasteiger partial charge is 0.160 e. The molecule has 60 valence electrons. The summed E-state index contributed by atoms with van der Waals surface area (Å²) in [6, 6.07) is 0. The van der Waals surface area contributed by atoms with Crippen LogP contribution in [0.4, 0.5) is 0 Å². The van der Waals surface area contributed by atoms with Gasteiger partial charge in [0.15, 0.2) is 5.78 Å². The number of ketones is 1. The molecular formula is C9H13OP. The van der Waals surface area contributed by atoms with Crippen LogP contribution in [0.1, 0.15) is 6.92 Å². The van der Waals surface area contributed by atoms with Crippen LogP contribution in [0.3, 0.4) is 0 Å². The molecule has 11 heavy (non-hydrogen) atoms. The van der Waals surface area contributed by atoms with Crippen molar-refractivity contribution in [3.63, 3.8) is 0 Å². The summed E-state index contributed by atoms with van der Waals surface area (Å²) in [5, 5.41) is 0.900. The van der Waals surface area contributed by atoms with Crippen molar-refractivity contribution in [2.45, 2.75) is 6.92 Å². The molecular weight excluding hydrogens is 155 g/mol. The predicted octanol–water partition coefficient (Wildman–Crippen LogP) is 2.51. The highest BCUT2D eigenvalue weighted by atomic mass is 31.1. The standard InChI is InChI=1S/C9H13OP/c1-5-6-9(7(2)10)8(3)11-4/h5-6,11H,1,3H2,2,4H3/b9-6-. The summed E-state index contributed by atoms with van der Waals surface area (Å²) in [4.78, 5) is 11.0. The number of carbonyl (C=O) groups excluding carboxylic acids is 1. The van der Waals surface area contributed by atoms with E-state index in [-0.39, 0.29) is 5.78 Å². The van der Waals surface area contributed by atoms with Crippen LogP contribution in [-0.2, 0) is 4.79 Å². The monoisotopic (exact) mass is 168 g/mol. The normalized spacial score (nSPS) is 12.0. The molecule has 0 aliphatic rings. The van der Waals surface area contributed by atoms with E-state index in [0.717, 1.165) is 5.31 Å². The average Bonchev–Trinajstić information content (AvgIpc) is 1.98. The van der Waals surface area contributed by atoms with E-state index in [1.54, 1.807) is 19.1 Å². The van der Waals surface area contributed by atoms with Crippen molar-refractivity contribution < 1.29 is 4.79 Å². The van der Waals surface area contributed by atoms with Crippen LogP contribution in [0.2, 0.25) is 0 Å². The second kappa shape index (κ2) is 5.03. The molecule has 1 atom stereocenters. The zero-order chi connectivity index (χ0) is 8.85. The van der Waals surface area contributed by atoms with Crippen LogP contribution < -0.4 is 0 Å². The second-order valence-corrected chi connectivity index (χ2v) is 3.20. The van der Waals surface area contributed by atoms with E-state index in [2.05, 4.69) is 13.2 Å². The van der Waals surface area contributed by atoms with Crippen molar-refractivity contribution in [3.05, 3.63) is 36.2 Å². The Bertz CT molecular complexity index is 214. The van der Waals surface area contributed by atoms with Crippen molar-refractivity contribution in [2.75, 3.05) is 6.66 Å². The Balaban J connectivity index is 4.61. The number of allylic oxidation sites excluding steroid dienone is 4. The van der Waals surface area contributed by atoms with E-state index < -0.39 is 0 Å². The number of Topliss-reactive ketones (excluding diaryl/α,β-unsaturated/α-hetero) is 1. The summed E-state index contributed by atoms with van der Waals surface area (Å²) < 4.78 is 0. The molecule has 1 unspecified atom stereocenters. The number of hydrogen-bond donors (Lipinski definition) is 0. The van der Waals surface area contributed by atoms with Crippen molar-refractivity contribution in [1.29, 1.82) is 0 Å². The van der Waals surface area contributed by atoms with E-state index in [1.807, 2.05) is 6.66 Å². The molecule has 0 rings (SSSR count). The Morgan fingerprint density at radius 1 is 1.55 bits per heavy atom. The molecule has 0 amide bonds. The summed E-state index contributed by atoms with van der Waals surface area (Å²) >= 11 is 0. The van der Waals surface area contributed by atoms with Gasteiger partial charge in [-0.3, -0.25) is 4.79 Å². The van der Waals surface area contributed by atoms with Gasteiger partial charge in [-0.2, -0.15) is 0 Å². The first-order valence-electron chi connectivity index (χ1n) is 3.34. The summed E-state index contributed by atoms with van der Waals surface area (Å²) in [6.07, 6.45) is 3.32. The van der Waals surface area contributed by atoms with Crippen LogP contribution in [-0.4, -0.2) is 12.4 Å². The topological polar surface area (TPSA) is 17.1 Å². The van der Waals surface area contributed by atoms with Gasteiger partial charge < -0.3 is 0 Å². The van der Waals surface area contributed by atoms with Crippen molar-refractivity contribution in [2.24, 2.45) is 0 Å². The summed E-state index contributed by atoms with van der Waals surface area (Å²) in [6.45, 7) is 10.9. The highest BCUT2D eigenvalue weighted by Crippen LogP contribution is 2.25. The minimum Gasteiger partial charge on any atom is -0.294 e. The molecule has 0 spiro atoms. The molecule has 1 nitrogen and oxygen atoms in total. The minimum absolute atomic E-state index is 0.0595. The Morgan fingerprint density at radius 2 is 2.09 bits per heavy atom. The van der Waals surface area contributed by atoms with Gasteiger partial charge in [0, 0.05) is 5.57 Å². The molecule has 0 aromatic carbocycles. The molecule has 0 fully saturated rings. The Morgan fingerprint density at radius 3 is 2.36 bits per heavy atom. The zero-order valence-corrected chi connectivity index (χ0v) is 7.98. The zero-order valence-electron chi connectivity index (χ0n) is 6.98. The lowest BCUT2D eigenvalue weighted by Crippen LogP contribution is -1.95. The van der Waals surface area contributed by atoms with Crippen molar-refractivity contribution in [1.82, 2.24) is 0 Å². The molecule has 0 saturated carbocycles. The third-order valence-corrected chi connectivity index (χ3v) is 2.16. The first kappa shape index (κ1) is 10.3. The second-order valence-electron chi connectivity index (χ2n) is 2.10. The molecule has 0 aromatic rings. The molecule has 0 aromatic heterocycles. The lowest BCUT2D eigenvalue weighted by Gasteiger charge is -2.02. The van der Waals surface area contributed by atoms with E-state index in [9.17, 15) is 4.79 Å². The van der Waals surface area contributed by atoms with Gasteiger partial charge in [0.2, 0.25) is 0 Å². The van der Waals surface area contributed by atoms with E-state index >= 15 is 0 Å². The highest BCUT2D eigenvalue weighted by molar-refractivity contribution is 7.42. The maximum atomic E-state index is 11.0. The van der Waals surface area contributed by atoms with Crippen LogP contribution in [0, 0.1) is 0 Å². The van der Waals surface area contributed by atoms with Gasteiger partial charge in [-0.05, 0) is 18.9 Å². The van der Waals surface area contributed by atoms with Gasteiger partial charge in [-0.15, -0.1) is 0 Å². The number of rotatable bonds is 4. The maximum Gasteiger partial charge on any atom is 0.160 e. The van der Waals surface area contributed by atoms with Crippen LogP contribution >= 0.6 is 8.58 Å². The fourth-order valence-corrected chi connectivity index (χ4v) is 1.21. The first-order valence-corrected chi connectivity index (χ1v) is 4.84. The molecule has 0 aliphatic carbocycles. The molecule has 0 bridgehead atoms. The third-order valence-electron chi connectivity index (χ3n) is 1.29. The Labute approximate surface area is 69.7 Å². The fourth-order valence-electron chi connectivity index (χ4n) is 0.683. The SMILES string of the molecule is C=C/C=C(\C(=C)PC)C(C)=O. The Hall–Kier alpha value is -0.680. The van der Waals surface area contributed by atoms with Crippen molar-refractivity contribution in [3.8, 4) is 0 Å². The van der Waals surface area contributed by atoms with Gasteiger partial charge in [-0.1, -0.05) is 33.9 Å². The van der Waals surface area contributed by atoms with Gasteiger partial charge >= 0.3 is 0 Å². The molecule has 2 heteroatoms. The lowest BCUT2D eigenvalue weighted by molar-refractivity contribution is -0.113. The van der Waals surface area contributed by atoms with Crippen LogP contribution in [0.5, 0.6) is 0 Å². The van der Waals surface area contributed by atoms with E-state index in [1.165, 1.54) is 0 Å². The van der Waals surface area contributed by atoms with Crippen LogP contribution in [0.15, 0.2) is 36.2 Å². The fraction of sp³-hybridized carbons (Fsp3) is 0.222. The van der Waals surface area contributed by atoms with Gasteiger partial charge in [0.25, 0.3) is 0 Å². The van der Waals surface area contributed by atoms with Crippen LogP contribution in [0.25, 0.3) is 0 Å². The average molecular weight is 168 g/mol. The first-order chi connectivity index (χ1) is 5.13. The van der Waals surface area contributed by atoms with E-state index in [4.69, 9.17) is 0 Å².